The van der Waals surface area contributed by atoms with Crippen LogP contribution in [0.3, 0.4) is 0 Å². The van der Waals surface area contributed by atoms with E-state index in [1.165, 1.54) is 44.3 Å². The molecular formula is C39H47N5O13. The Morgan fingerprint density at radius 2 is 1.67 bits per heavy atom. The van der Waals surface area contributed by atoms with E-state index in [0.29, 0.717) is 29.8 Å². The third-order valence-electron chi connectivity index (χ3n) is 10.9. The summed E-state index contributed by atoms with van der Waals surface area (Å²) >= 11 is 0. The molecule has 57 heavy (non-hydrogen) atoms. The van der Waals surface area contributed by atoms with Crippen LogP contribution in [0.15, 0.2) is 30.3 Å². The summed E-state index contributed by atoms with van der Waals surface area (Å²) in [5.74, 6) is -13.2. The van der Waals surface area contributed by atoms with Crippen LogP contribution in [0.2, 0.25) is 0 Å². The van der Waals surface area contributed by atoms with Gasteiger partial charge in [-0.05, 0) is 75.2 Å². The second-order valence-corrected chi connectivity index (χ2v) is 14.8. The fourth-order valence-electron chi connectivity index (χ4n) is 8.13. The number of hydrogen-bond donors (Lipinski definition) is 4. The van der Waals surface area contributed by atoms with Crippen LogP contribution in [-0.4, -0.2) is 134 Å². The van der Waals surface area contributed by atoms with Crippen LogP contribution in [0.25, 0.3) is 0 Å². The van der Waals surface area contributed by atoms with E-state index in [2.05, 4.69) is 5.32 Å². The molecule has 0 heterocycles. The van der Waals surface area contributed by atoms with Crippen LogP contribution in [0.1, 0.15) is 52.5 Å². The minimum atomic E-state index is -2.90. The molecule has 0 spiro atoms. The van der Waals surface area contributed by atoms with Crippen molar-refractivity contribution in [2.24, 2.45) is 29.4 Å². The molecule has 0 aliphatic heterocycles. The highest BCUT2D eigenvalue weighted by molar-refractivity contribution is 6.32. The van der Waals surface area contributed by atoms with Crippen molar-refractivity contribution in [3.8, 4) is 11.5 Å². The van der Waals surface area contributed by atoms with Crippen molar-refractivity contribution >= 4 is 58.4 Å². The summed E-state index contributed by atoms with van der Waals surface area (Å²) in [4.78, 5) is 111. The van der Waals surface area contributed by atoms with Gasteiger partial charge in [0.1, 0.15) is 18.0 Å². The molecule has 0 bridgehead atoms. The number of ketones is 4. The molecule has 2 aromatic rings. The van der Waals surface area contributed by atoms with Crippen LogP contribution in [0.5, 0.6) is 11.5 Å². The number of carbonyl (C=O) groups excluding carboxylic acids is 8. The lowest BCUT2D eigenvalue weighted by atomic mass is 9.52. The number of nitrogens with two attached hydrogens (primary N) is 1. The average molecular weight is 794 g/mol. The summed E-state index contributed by atoms with van der Waals surface area (Å²) < 4.78 is 15.2. The van der Waals surface area contributed by atoms with Gasteiger partial charge in [-0.3, -0.25) is 38.6 Å². The van der Waals surface area contributed by atoms with Gasteiger partial charge in [0.15, 0.2) is 34.7 Å². The van der Waals surface area contributed by atoms with Crippen LogP contribution in [0, 0.1) is 23.7 Å². The smallest absolute Gasteiger partial charge is 0.413 e. The van der Waals surface area contributed by atoms with Crippen molar-refractivity contribution < 1.29 is 62.8 Å². The molecule has 18 nitrogen and oxygen atoms in total. The molecule has 0 aromatic heterocycles. The van der Waals surface area contributed by atoms with Crippen molar-refractivity contribution in [1.29, 1.82) is 0 Å². The number of fused-ring (bicyclic) bond motifs is 3. The van der Waals surface area contributed by atoms with E-state index < -0.39 is 101 Å². The molecule has 3 aliphatic rings. The van der Waals surface area contributed by atoms with E-state index in [0.717, 1.165) is 4.90 Å². The fourth-order valence-corrected chi connectivity index (χ4v) is 8.13. The van der Waals surface area contributed by atoms with Crippen molar-refractivity contribution in [2.75, 3.05) is 65.4 Å². The van der Waals surface area contributed by atoms with Gasteiger partial charge in [0.2, 0.25) is 18.6 Å². The molecule has 6 atom stereocenters. The third kappa shape index (κ3) is 7.78. The number of unbranched alkanes of at least 4 members (excludes halogenated alkanes) is 1. The number of anilines is 2. The van der Waals surface area contributed by atoms with Crippen molar-refractivity contribution in [3.63, 3.8) is 0 Å². The number of nitrogens with zero attached hydrogens (tertiary/aromatic N) is 3. The van der Waals surface area contributed by atoms with Crippen molar-refractivity contribution in [3.05, 3.63) is 47.0 Å². The first-order valence-electron chi connectivity index (χ1n) is 18.3. The number of methoxy groups -OCH3 is 1. The molecule has 306 valence electrons. The van der Waals surface area contributed by atoms with E-state index in [4.69, 9.17) is 19.9 Å². The van der Waals surface area contributed by atoms with Crippen molar-refractivity contribution in [1.82, 2.24) is 9.80 Å². The summed E-state index contributed by atoms with van der Waals surface area (Å²) in [5.41, 5.74) is 2.88. The predicted molar refractivity (Wildman–Crippen MR) is 201 cm³/mol. The predicted octanol–water partition coefficient (Wildman–Crippen LogP) is 0.933. The number of aliphatic hydroxyl groups is 1. The number of benzene rings is 2. The monoisotopic (exact) mass is 793 g/mol. The first-order chi connectivity index (χ1) is 26.9. The second-order valence-electron chi connectivity index (χ2n) is 14.8. The molecule has 0 saturated heterocycles. The molecular weight excluding hydrogens is 746 g/mol. The van der Waals surface area contributed by atoms with Crippen LogP contribution < -0.4 is 20.7 Å². The number of ether oxygens (including phenoxy) is 3. The van der Waals surface area contributed by atoms with E-state index in [-0.39, 0.29) is 36.2 Å². The number of aromatic hydroxyl groups is 1. The van der Waals surface area contributed by atoms with Gasteiger partial charge < -0.3 is 40.4 Å². The lowest BCUT2D eigenvalue weighted by molar-refractivity contribution is -0.181. The third-order valence-corrected chi connectivity index (χ3v) is 10.9. The SMILES string of the molecule is CCCCN(CC(=O)Nc1cc(N(C)C)c2c(c1O)C(=O)C1C(=O)[C@]3(O)C(=O)C(C(N)=O)C(=O)[C@@H](N(C)C)C3CC1C2)C(=O)OCOC(=O)c1ccc(OC)cc1. The maximum absolute atomic E-state index is 14.4. The van der Waals surface area contributed by atoms with Gasteiger partial charge in [-0.2, -0.15) is 0 Å². The Bertz CT molecular complexity index is 2000. The van der Waals surface area contributed by atoms with E-state index >= 15 is 0 Å². The Labute approximate surface area is 328 Å². The second kappa shape index (κ2) is 16.7. The molecule has 4 unspecified atom stereocenters. The summed E-state index contributed by atoms with van der Waals surface area (Å²) in [6.07, 6.45) is 0.0521. The maximum Gasteiger partial charge on any atom is 0.413 e. The highest BCUT2D eigenvalue weighted by atomic mass is 16.7. The highest BCUT2D eigenvalue weighted by Crippen LogP contribution is 2.52. The number of rotatable bonds is 13. The molecule has 3 amide bonds. The average Bonchev–Trinajstić information content (AvgIpc) is 3.15. The Morgan fingerprint density at radius 1 is 1.00 bits per heavy atom. The number of nitrogens with one attached hydrogen (secondary N) is 1. The van der Waals surface area contributed by atoms with Gasteiger partial charge >= 0.3 is 12.1 Å². The van der Waals surface area contributed by atoms with Gasteiger partial charge in [-0.25, -0.2) is 9.59 Å². The molecule has 18 heteroatoms. The summed E-state index contributed by atoms with van der Waals surface area (Å²) in [6.45, 7) is 0.633. The number of phenols is 1. The van der Waals surface area contributed by atoms with Gasteiger partial charge in [0.25, 0.3) is 0 Å². The minimum absolute atomic E-state index is 0.0147. The van der Waals surface area contributed by atoms with E-state index in [1.807, 2.05) is 6.92 Å². The lowest BCUT2D eigenvalue weighted by Gasteiger charge is -2.52. The van der Waals surface area contributed by atoms with Crippen LogP contribution >= 0.6 is 0 Å². The van der Waals surface area contributed by atoms with Crippen LogP contribution in [0.4, 0.5) is 16.2 Å². The quantitative estimate of drug-likeness (QED) is 0.0953. The number of primary amides is 1. The normalized spacial score (nSPS) is 23.8. The number of Topliss-reactive ketones (excluding diaryl/α,β-unsaturated/α-hetero) is 4. The molecule has 5 N–H and O–H groups in total. The zero-order valence-electron chi connectivity index (χ0n) is 32.5. The Hall–Kier alpha value is -5.88. The lowest BCUT2D eigenvalue weighted by Crippen LogP contribution is -2.74. The molecule has 5 rings (SSSR count). The number of likely N-dealkylation sites (N-methyl/N-ethyl adjacent to an activating group) is 1. The molecule has 0 radical (unpaired) electrons. The zero-order chi connectivity index (χ0) is 42.1. The van der Waals surface area contributed by atoms with Crippen molar-refractivity contribution in [2.45, 2.75) is 44.2 Å². The first-order valence-corrected chi connectivity index (χ1v) is 18.3. The molecule has 2 fully saturated rings. The molecule has 3 aliphatic carbocycles. The highest BCUT2D eigenvalue weighted by Gasteiger charge is 2.69. The van der Waals surface area contributed by atoms with Gasteiger partial charge in [0.05, 0.1) is 35.9 Å². The minimum Gasteiger partial charge on any atom is -0.505 e. The number of phenolic OH excluding ortho intramolecular Hbond substituents is 1. The number of esters is 1. The van der Waals surface area contributed by atoms with Gasteiger partial charge in [-0.1, -0.05) is 13.3 Å². The van der Waals surface area contributed by atoms with Gasteiger partial charge in [0, 0.05) is 32.2 Å². The molecule has 2 saturated carbocycles. The first kappa shape index (κ1) is 42.3. The summed E-state index contributed by atoms with van der Waals surface area (Å²) in [5, 5.41) is 26.0. The Morgan fingerprint density at radius 3 is 2.25 bits per heavy atom. The Kier molecular flexibility index (Phi) is 12.4. The largest absolute Gasteiger partial charge is 0.505 e. The maximum atomic E-state index is 14.4. The number of amides is 3. The fraction of sp³-hybridized carbons (Fsp3) is 0.487. The van der Waals surface area contributed by atoms with Crippen LogP contribution in [-0.2, 0) is 39.9 Å². The number of hydrogen-bond acceptors (Lipinski definition) is 15. The standard InChI is InChI=1S/C39H47N5O13/c1-7-8-13-44(38(53)57-18-56-37(52)19-9-11-21(55-6)12-10-19)17-26(45)41-24-16-25(42(2)3)22-14-20-15-23-30(43(4)5)33(48)29(36(40)51)35(50)39(23,54)34(49)27(20)32(47)28(22)31(24)46/h9-12,16,20,23,27,29-30,46,54H,7-8,13-15,17-18H2,1-6H3,(H2,40,51)(H,41,45)/t20?,23?,27?,29?,30-,39-/m0/s1. The molecule has 2 aromatic carbocycles. The Balaban J connectivity index is 1.38. The van der Waals surface area contributed by atoms with Gasteiger partial charge in [-0.15, -0.1) is 0 Å². The van der Waals surface area contributed by atoms with E-state index in [1.54, 1.807) is 31.1 Å². The topological polar surface area (TPSA) is 252 Å². The summed E-state index contributed by atoms with van der Waals surface area (Å²) in [6, 6.07) is 6.25. The summed E-state index contributed by atoms with van der Waals surface area (Å²) in [7, 11) is 7.80. The van der Waals surface area contributed by atoms with E-state index in [9.17, 15) is 48.6 Å². The zero-order valence-corrected chi connectivity index (χ0v) is 32.5. The number of carbonyl (C=O) groups is 8.